The molecule has 1 N–H and O–H groups in total. The fourth-order valence-electron chi connectivity index (χ4n) is 4.11. The molecule has 0 saturated carbocycles. The van der Waals surface area contributed by atoms with Crippen molar-refractivity contribution < 1.29 is 4.79 Å². The number of rotatable bonds is 5. The molecule has 6 nitrogen and oxygen atoms in total. The Morgan fingerprint density at radius 1 is 1.13 bits per heavy atom. The fraction of sp³-hybridized carbons (Fsp3) is 0.409. The van der Waals surface area contributed by atoms with E-state index in [4.69, 9.17) is 23.2 Å². The maximum atomic E-state index is 12.8. The maximum absolute atomic E-state index is 12.8. The van der Waals surface area contributed by atoms with E-state index in [-0.39, 0.29) is 18.0 Å². The fourth-order valence-corrected chi connectivity index (χ4v) is 4.69. The number of halogens is 2. The van der Waals surface area contributed by atoms with Gasteiger partial charge in [-0.05, 0) is 69.6 Å². The summed E-state index contributed by atoms with van der Waals surface area (Å²) in [5, 5.41) is 12.9. The minimum Gasteiger partial charge on any atom is -0.348 e. The summed E-state index contributed by atoms with van der Waals surface area (Å²) in [5.41, 5.74) is 1.73. The van der Waals surface area contributed by atoms with Gasteiger partial charge in [0.05, 0.1) is 12.1 Å². The topological polar surface area (TPSA) is 62.5 Å². The van der Waals surface area contributed by atoms with Crippen LogP contribution in [-0.4, -0.2) is 44.5 Å². The van der Waals surface area contributed by atoms with Gasteiger partial charge in [-0.15, -0.1) is 10.2 Å². The highest BCUT2D eigenvalue weighted by Crippen LogP contribution is 2.29. The third-order valence-corrected chi connectivity index (χ3v) is 6.51. The molecule has 1 fully saturated rings. The quantitative estimate of drug-likeness (QED) is 0.628. The zero-order valence-corrected chi connectivity index (χ0v) is 18.6. The average molecular weight is 446 g/mol. The van der Waals surface area contributed by atoms with Crippen molar-refractivity contribution in [3.05, 3.63) is 64.0 Å². The predicted octanol–water partition coefficient (Wildman–Crippen LogP) is 4.48. The molecule has 1 amide bonds. The molecular formula is C22H25Cl2N5O. The monoisotopic (exact) mass is 445 g/mol. The Bertz CT molecular complexity index is 1040. The lowest BCUT2D eigenvalue weighted by molar-refractivity contribution is -0.127. The number of nitrogens with zero attached hydrogens (tertiary/aromatic N) is 4. The smallest absolute Gasteiger partial charge is 0.237 e. The third kappa shape index (κ3) is 4.31. The number of hydrogen-bond acceptors (Lipinski definition) is 4. The van der Waals surface area contributed by atoms with Crippen LogP contribution in [0, 0.1) is 0 Å². The van der Waals surface area contributed by atoms with Gasteiger partial charge in [0.2, 0.25) is 5.91 Å². The zero-order chi connectivity index (χ0) is 21.3. The number of benzene rings is 1. The largest absolute Gasteiger partial charge is 0.348 e. The number of piperidine rings is 1. The molecule has 1 aliphatic rings. The molecule has 3 aromatic rings. The normalized spacial score (nSPS) is 17.7. The van der Waals surface area contributed by atoms with E-state index in [1.165, 1.54) is 0 Å². The minimum atomic E-state index is -0.213. The Labute approximate surface area is 186 Å². The second-order valence-electron chi connectivity index (χ2n) is 7.87. The van der Waals surface area contributed by atoms with Crippen molar-refractivity contribution in [2.24, 2.45) is 0 Å². The molecule has 0 radical (unpaired) electrons. The zero-order valence-electron chi connectivity index (χ0n) is 17.1. The number of aromatic nitrogens is 3. The number of likely N-dealkylation sites (tertiary alicyclic amines) is 1. The van der Waals surface area contributed by atoms with E-state index in [9.17, 15) is 4.79 Å². The van der Waals surface area contributed by atoms with Crippen LogP contribution in [-0.2, 0) is 4.79 Å². The van der Waals surface area contributed by atoms with Gasteiger partial charge in [0, 0.05) is 22.2 Å². The standard InChI is InChI=1S/C22H25Cl2N5O/c1-14(18-7-6-17(23)13-19(18)24)25-22(30)15(2)28-11-8-16(9-12-28)21-27-26-20-5-3-4-10-29(20)21/h3-7,10,13-16H,8-9,11-12H2,1-2H3,(H,25,30). The summed E-state index contributed by atoms with van der Waals surface area (Å²) in [6, 6.07) is 10.9. The van der Waals surface area contributed by atoms with E-state index >= 15 is 0 Å². The second-order valence-corrected chi connectivity index (χ2v) is 8.71. The average Bonchev–Trinajstić information content (AvgIpc) is 3.17. The van der Waals surface area contributed by atoms with Crippen LogP contribution in [0.25, 0.3) is 5.65 Å². The first-order chi connectivity index (χ1) is 14.4. The molecular weight excluding hydrogens is 421 g/mol. The number of carbonyl (C=O) groups is 1. The molecule has 1 aliphatic heterocycles. The van der Waals surface area contributed by atoms with Gasteiger partial charge >= 0.3 is 0 Å². The van der Waals surface area contributed by atoms with Crippen LogP contribution in [0.3, 0.4) is 0 Å². The number of nitrogens with one attached hydrogen (secondary N) is 1. The van der Waals surface area contributed by atoms with Crippen LogP contribution < -0.4 is 5.32 Å². The molecule has 2 aromatic heterocycles. The highest BCUT2D eigenvalue weighted by atomic mass is 35.5. The Kier molecular flexibility index (Phi) is 6.27. The molecule has 0 aliphatic carbocycles. The van der Waals surface area contributed by atoms with Crippen LogP contribution >= 0.6 is 23.2 Å². The molecule has 30 heavy (non-hydrogen) atoms. The number of amides is 1. The molecule has 1 aromatic carbocycles. The number of hydrogen-bond donors (Lipinski definition) is 1. The van der Waals surface area contributed by atoms with E-state index in [1.807, 2.05) is 44.3 Å². The Morgan fingerprint density at radius 2 is 1.90 bits per heavy atom. The molecule has 158 valence electrons. The van der Waals surface area contributed by atoms with Crippen molar-refractivity contribution in [3.8, 4) is 0 Å². The van der Waals surface area contributed by atoms with Gasteiger partial charge in [0.25, 0.3) is 0 Å². The first-order valence-electron chi connectivity index (χ1n) is 10.2. The molecule has 3 heterocycles. The van der Waals surface area contributed by atoms with Gasteiger partial charge in [-0.2, -0.15) is 0 Å². The number of pyridine rings is 1. The lowest BCUT2D eigenvalue weighted by Gasteiger charge is -2.35. The summed E-state index contributed by atoms with van der Waals surface area (Å²) >= 11 is 12.3. The van der Waals surface area contributed by atoms with E-state index in [1.54, 1.807) is 12.1 Å². The number of carbonyl (C=O) groups excluding carboxylic acids is 1. The third-order valence-electron chi connectivity index (χ3n) is 5.95. The molecule has 8 heteroatoms. The Morgan fingerprint density at radius 3 is 2.63 bits per heavy atom. The van der Waals surface area contributed by atoms with E-state index in [0.717, 1.165) is 43.0 Å². The molecule has 4 rings (SSSR count). The summed E-state index contributed by atoms with van der Waals surface area (Å²) in [6.45, 7) is 5.58. The van der Waals surface area contributed by atoms with Gasteiger partial charge in [0.15, 0.2) is 5.65 Å². The van der Waals surface area contributed by atoms with Crippen LogP contribution in [0.1, 0.15) is 50.0 Å². The predicted molar refractivity (Wildman–Crippen MR) is 119 cm³/mol. The van der Waals surface area contributed by atoms with E-state index < -0.39 is 0 Å². The van der Waals surface area contributed by atoms with Gasteiger partial charge in [-0.3, -0.25) is 14.1 Å². The van der Waals surface area contributed by atoms with Gasteiger partial charge in [-0.1, -0.05) is 35.3 Å². The molecule has 0 spiro atoms. The molecule has 2 atom stereocenters. The van der Waals surface area contributed by atoms with Gasteiger partial charge < -0.3 is 5.32 Å². The Balaban J connectivity index is 1.35. The van der Waals surface area contributed by atoms with Crippen LogP contribution in [0.5, 0.6) is 0 Å². The molecule has 0 bridgehead atoms. The highest BCUT2D eigenvalue weighted by Gasteiger charge is 2.30. The van der Waals surface area contributed by atoms with Crippen LogP contribution in [0.4, 0.5) is 0 Å². The van der Waals surface area contributed by atoms with Crippen molar-refractivity contribution >= 4 is 34.8 Å². The van der Waals surface area contributed by atoms with Crippen molar-refractivity contribution in [2.75, 3.05) is 13.1 Å². The van der Waals surface area contributed by atoms with Gasteiger partial charge in [-0.25, -0.2) is 0 Å². The SMILES string of the molecule is CC(NC(=O)C(C)N1CCC(c2nnc3ccccn23)CC1)c1ccc(Cl)cc1Cl. The maximum Gasteiger partial charge on any atom is 0.237 e. The van der Waals surface area contributed by atoms with Gasteiger partial charge in [0.1, 0.15) is 5.82 Å². The summed E-state index contributed by atoms with van der Waals surface area (Å²) in [7, 11) is 0. The summed E-state index contributed by atoms with van der Waals surface area (Å²) in [6.07, 6.45) is 3.91. The van der Waals surface area contributed by atoms with Crippen molar-refractivity contribution in [2.45, 2.75) is 44.7 Å². The summed E-state index contributed by atoms with van der Waals surface area (Å²) in [4.78, 5) is 15.1. The van der Waals surface area contributed by atoms with Crippen LogP contribution in [0.15, 0.2) is 42.6 Å². The lowest BCUT2D eigenvalue weighted by Crippen LogP contribution is -2.48. The minimum absolute atomic E-state index is 0.0000979. The lowest BCUT2D eigenvalue weighted by atomic mass is 9.95. The first kappa shape index (κ1) is 21.1. The highest BCUT2D eigenvalue weighted by molar-refractivity contribution is 6.35. The molecule has 2 unspecified atom stereocenters. The van der Waals surface area contributed by atoms with Crippen molar-refractivity contribution in [1.82, 2.24) is 24.8 Å². The summed E-state index contributed by atoms with van der Waals surface area (Å²) < 4.78 is 2.06. The Hall–Kier alpha value is -2.15. The molecule has 1 saturated heterocycles. The van der Waals surface area contributed by atoms with E-state index in [2.05, 4.69) is 24.8 Å². The number of fused-ring (bicyclic) bond motifs is 1. The van der Waals surface area contributed by atoms with Crippen molar-refractivity contribution in [1.29, 1.82) is 0 Å². The first-order valence-corrected chi connectivity index (χ1v) is 11.0. The summed E-state index contributed by atoms with van der Waals surface area (Å²) in [5.74, 6) is 1.36. The van der Waals surface area contributed by atoms with E-state index in [0.29, 0.717) is 16.0 Å². The van der Waals surface area contributed by atoms with Crippen LogP contribution in [0.2, 0.25) is 10.0 Å². The second kappa shape index (κ2) is 8.92. The van der Waals surface area contributed by atoms with Crippen molar-refractivity contribution in [3.63, 3.8) is 0 Å².